The first-order chi connectivity index (χ1) is 10.3. The minimum Gasteiger partial charge on any atom is -0.489 e. The summed E-state index contributed by atoms with van der Waals surface area (Å²) in [5, 5.41) is 0.861. The Bertz CT molecular complexity index is 832. The first-order valence-corrected chi connectivity index (χ1v) is 6.65. The average molecular weight is 278 g/mol. The summed E-state index contributed by atoms with van der Waals surface area (Å²) in [4.78, 5) is 12.1. The van der Waals surface area contributed by atoms with Crippen molar-refractivity contribution in [2.45, 2.75) is 0 Å². The number of benzene rings is 2. The Kier molecular flexibility index (Phi) is 3.56. The lowest BCUT2D eigenvalue weighted by Gasteiger charge is -2.05. The van der Waals surface area contributed by atoms with Gasteiger partial charge in [-0.25, -0.2) is 4.79 Å². The molecule has 1 aromatic heterocycles. The zero-order chi connectivity index (χ0) is 14.7. The van der Waals surface area contributed by atoms with Crippen molar-refractivity contribution in [1.82, 2.24) is 0 Å². The van der Waals surface area contributed by atoms with Gasteiger partial charge in [0.1, 0.15) is 17.9 Å². The third-order valence-electron chi connectivity index (χ3n) is 3.16. The fraction of sp³-hybridized carbons (Fsp3) is 0.0556. The van der Waals surface area contributed by atoms with Crippen molar-refractivity contribution in [1.29, 1.82) is 0 Å². The van der Waals surface area contributed by atoms with Crippen molar-refractivity contribution in [3.05, 3.63) is 77.7 Å². The molecule has 3 nitrogen and oxygen atoms in total. The predicted molar refractivity (Wildman–Crippen MR) is 83.6 cm³/mol. The van der Waals surface area contributed by atoms with Gasteiger partial charge in [-0.2, -0.15) is 0 Å². The first kappa shape index (κ1) is 13.2. The van der Waals surface area contributed by atoms with Crippen LogP contribution in [0, 0.1) is 0 Å². The van der Waals surface area contributed by atoms with Crippen LogP contribution in [0.3, 0.4) is 0 Å². The lowest BCUT2D eigenvalue weighted by atomic mass is 10.1. The minimum atomic E-state index is -0.352. The molecule has 3 aromatic rings. The molecule has 0 saturated carbocycles. The maximum Gasteiger partial charge on any atom is 0.344 e. The number of ether oxygens (including phenoxy) is 1. The van der Waals surface area contributed by atoms with Crippen LogP contribution in [0.2, 0.25) is 0 Å². The van der Waals surface area contributed by atoms with Gasteiger partial charge in [0.15, 0.2) is 0 Å². The summed E-state index contributed by atoms with van der Waals surface area (Å²) in [5.74, 6) is 0.651. The standard InChI is InChI=1S/C18H14O3/c1-2-10-20-15-9-8-14-11-16(13-6-4-3-5-7-13)18(19)21-17(14)12-15/h2-9,11-12H,1,10H2. The molecule has 1 heterocycles. The second-order valence-electron chi connectivity index (χ2n) is 4.61. The summed E-state index contributed by atoms with van der Waals surface area (Å²) in [5.41, 5.74) is 1.57. The van der Waals surface area contributed by atoms with E-state index in [0.29, 0.717) is 23.5 Å². The van der Waals surface area contributed by atoms with Gasteiger partial charge in [0.05, 0.1) is 5.56 Å². The lowest BCUT2D eigenvalue weighted by Crippen LogP contribution is -2.02. The fourth-order valence-corrected chi connectivity index (χ4v) is 2.16. The smallest absolute Gasteiger partial charge is 0.344 e. The maximum absolute atomic E-state index is 12.1. The van der Waals surface area contributed by atoms with Gasteiger partial charge in [-0.3, -0.25) is 0 Å². The number of fused-ring (bicyclic) bond motifs is 1. The zero-order valence-electron chi connectivity index (χ0n) is 11.4. The third kappa shape index (κ3) is 2.72. The van der Waals surface area contributed by atoms with E-state index < -0.39 is 0 Å². The van der Waals surface area contributed by atoms with Crippen molar-refractivity contribution < 1.29 is 9.15 Å². The largest absolute Gasteiger partial charge is 0.489 e. The van der Waals surface area contributed by atoms with E-state index in [0.717, 1.165) is 10.9 Å². The van der Waals surface area contributed by atoms with Crippen LogP contribution in [0.4, 0.5) is 0 Å². The van der Waals surface area contributed by atoms with Crippen LogP contribution in [-0.2, 0) is 0 Å². The van der Waals surface area contributed by atoms with E-state index in [2.05, 4.69) is 6.58 Å². The molecule has 0 bridgehead atoms. The van der Waals surface area contributed by atoms with E-state index in [1.54, 1.807) is 12.1 Å². The van der Waals surface area contributed by atoms with E-state index >= 15 is 0 Å². The van der Waals surface area contributed by atoms with Crippen molar-refractivity contribution in [2.75, 3.05) is 6.61 Å². The lowest BCUT2D eigenvalue weighted by molar-refractivity contribution is 0.363. The highest BCUT2D eigenvalue weighted by Gasteiger charge is 2.08. The molecular formula is C18H14O3. The van der Waals surface area contributed by atoms with Crippen LogP contribution in [-0.4, -0.2) is 6.61 Å². The minimum absolute atomic E-state index is 0.352. The Hall–Kier alpha value is -2.81. The van der Waals surface area contributed by atoms with E-state index in [1.807, 2.05) is 48.5 Å². The highest BCUT2D eigenvalue weighted by Crippen LogP contribution is 2.24. The van der Waals surface area contributed by atoms with Gasteiger partial charge in [0, 0.05) is 11.5 Å². The molecule has 0 amide bonds. The van der Waals surface area contributed by atoms with Crippen LogP contribution in [0.1, 0.15) is 0 Å². The predicted octanol–water partition coefficient (Wildman–Crippen LogP) is 4.02. The molecule has 21 heavy (non-hydrogen) atoms. The Morgan fingerprint density at radius 2 is 1.90 bits per heavy atom. The Morgan fingerprint density at radius 3 is 2.67 bits per heavy atom. The van der Waals surface area contributed by atoms with Crippen LogP contribution in [0.15, 0.2) is 76.5 Å². The zero-order valence-corrected chi connectivity index (χ0v) is 11.4. The van der Waals surface area contributed by atoms with Gasteiger partial charge in [-0.1, -0.05) is 43.0 Å². The van der Waals surface area contributed by atoms with Crippen molar-refractivity contribution in [2.24, 2.45) is 0 Å². The molecule has 3 rings (SSSR count). The van der Waals surface area contributed by atoms with E-state index in [4.69, 9.17) is 9.15 Å². The van der Waals surface area contributed by atoms with Crippen LogP contribution >= 0.6 is 0 Å². The van der Waals surface area contributed by atoms with Crippen LogP contribution in [0.5, 0.6) is 5.75 Å². The van der Waals surface area contributed by atoms with Crippen molar-refractivity contribution in [3.8, 4) is 16.9 Å². The molecule has 3 heteroatoms. The van der Waals surface area contributed by atoms with E-state index in [-0.39, 0.29) is 5.63 Å². The number of hydrogen-bond acceptors (Lipinski definition) is 3. The summed E-state index contributed by atoms with van der Waals surface area (Å²) < 4.78 is 10.8. The van der Waals surface area contributed by atoms with Crippen molar-refractivity contribution in [3.63, 3.8) is 0 Å². The Morgan fingerprint density at radius 1 is 1.10 bits per heavy atom. The van der Waals surface area contributed by atoms with Crippen molar-refractivity contribution >= 4 is 11.0 Å². The molecule has 0 radical (unpaired) electrons. The maximum atomic E-state index is 12.1. The first-order valence-electron chi connectivity index (χ1n) is 6.65. The van der Waals surface area contributed by atoms with Crippen LogP contribution < -0.4 is 10.4 Å². The van der Waals surface area contributed by atoms with Gasteiger partial charge >= 0.3 is 5.63 Å². The molecule has 0 N–H and O–H groups in total. The second kappa shape index (κ2) is 5.67. The number of rotatable bonds is 4. The molecule has 0 fully saturated rings. The summed E-state index contributed by atoms with van der Waals surface area (Å²) in [7, 11) is 0. The molecule has 0 aliphatic carbocycles. The molecule has 0 aliphatic heterocycles. The summed E-state index contributed by atoms with van der Waals surface area (Å²) in [6, 6.07) is 16.8. The highest BCUT2D eigenvalue weighted by atomic mass is 16.5. The third-order valence-corrected chi connectivity index (χ3v) is 3.16. The quantitative estimate of drug-likeness (QED) is 0.534. The van der Waals surface area contributed by atoms with Gasteiger partial charge in [-0.15, -0.1) is 0 Å². The molecule has 0 atom stereocenters. The molecule has 0 spiro atoms. The monoisotopic (exact) mass is 278 g/mol. The topological polar surface area (TPSA) is 39.4 Å². The van der Waals surface area contributed by atoms with Gasteiger partial charge in [0.25, 0.3) is 0 Å². The summed E-state index contributed by atoms with van der Waals surface area (Å²) in [6.07, 6.45) is 1.67. The van der Waals surface area contributed by atoms with Crippen LogP contribution in [0.25, 0.3) is 22.1 Å². The summed E-state index contributed by atoms with van der Waals surface area (Å²) >= 11 is 0. The Balaban J connectivity index is 2.09. The normalized spacial score (nSPS) is 10.5. The van der Waals surface area contributed by atoms with Gasteiger partial charge in [-0.05, 0) is 23.8 Å². The molecule has 0 unspecified atom stereocenters. The molecule has 0 aliphatic rings. The molecule has 2 aromatic carbocycles. The second-order valence-corrected chi connectivity index (χ2v) is 4.61. The van der Waals surface area contributed by atoms with E-state index in [9.17, 15) is 4.79 Å². The Labute approximate surface area is 122 Å². The fourth-order valence-electron chi connectivity index (χ4n) is 2.16. The summed E-state index contributed by atoms with van der Waals surface area (Å²) in [6.45, 7) is 4.01. The molecule has 0 saturated heterocycles. The SMILES string of the molecule is C=CCOc1ccc2cc(-c3ccccc3)c(=O)oc2c1. The van der Waals surface area contributed by atoms with E-state index in [1.165, 1.54) is 0 Å². The average Bonchev–Trinajstić information content (AvgIpc) is 2.53. The number of hydrogen-bond donors (Lipinski definition) is 0. The van der Waals surface area contributed by atoms with Gasteiger partial charge < -0.3 is 9.15 Å². The highest BCUT2D eigenvalue weighted by molar-refractivity contribution is 5.82. The molecule has 104 valence electrons. The van der Waals surface area contributed by atoms with Gasteiger partial charge in [0.2, 0.25) is 0 Å². The molecular weight excluding hydrogens is 264 g/mol.